The first-order valence-corrected chi connectivity index (χ1v) is 8.30. The van der Waals surface area contributed by atoms with Crippen molar-refractivity contribution in [2.24, 2.45) is 11.7 Å². The van der Waals surface area contributed by atoms with Gasteiger partial charge in [0, 0.05) is 24.5 Å². The molecule has 3 nitrogen and oxygen atoms in total. The third-order valence-corrected chi connectivity index (χ3v) is 5.17. The van der Waals surface area contributed by atoms with Gasteiger partial charge >= 0.3 is 0 Å². The summed E-state index contributed by atoms with van der Waals surface area (Å²) in [6.07, 6.45) is 4.91. The minimum Gasteiger partial charge on any atom is -0.335 e. The average molecular weight is 327 g/mol. The van der Waals surface area contributed by atoms with Gasteiger partial charge in [-0.05, 0) is 49.8 Å². The van der Waals surface area contributed by atoms with E-state index in [0.29, 0.717) is 22.6 Å². The molecule has 0 aromatic heterocycles. The highest BCUT2D eigenvalue weighted by Crippen LogP contribution is 2.34. The number of benzene rings is 1. The van der Waals surface area contributed by atoms with Crippen molar-refractivity contribution in [2.75, 3.05) is 0 Å². The molecule has 3 rings (SSSR count). The van der Waals surface area contributed by atoms with E-state index in [1.807, 2.05) is 17.0 Å². The summed E-state index contributed by atoms with van der Waals surface area (Å²) in [6.45, 7) is 0.617. The van der Waals surface area contributed by atoms with Crippen molar-refractivity contribution in [3.05, 3.63) is 33.8 Å². The summed E-state index contributed by atoms with van der Waals surface area (Å²) in [4.78, 5) is 14.8. The fourth-order valence-corrected chi connectivity index (χ4v) is 3.40. The lowest BCUT2D eigenvalue weighted by atomic mass is 10.1. The Kier molecular flexibility index (Phi) is 4.43. The van der Waals surface area contributed by atoms with Crippen LogP contribution in [0.15, 0.2) is 18.2 Å². The number of nitrogens with two attached hydrogens (primary N) is 1. The summed E-state index contributed by atoms with van der Waals surface area (Å²) < 4.78 is 0. The molecule has 2 atom stereocenters. The first kappa shape index (κ1) is 15.1. The SMILES string of the molecule is NC1CCC(C(=O)N(Cc2ccc(Cl)c(Cl)c2)C2CC2)C1. The standard InChI is InChI=1S/C16H20Cl2N2O/c17-14-6-1-10(7-15(14)18)9-20(13-4-5-13)16(21)11-2-3-12(19)8-11/h1,6-7,11-13H,2-5,8-9,19H2. The molecule has 21 heavy (non-hydrogen) atoms. The van der Waals surface area contributed by atoms with Gasteiger partial charge in [0.2, 0.25) is 5.91 Å². The monoisotopic (exact) mass is 326 g/mol. The van der Waals surface area contributed by atoms with Crippen LogP contribution in [0, 0.1) is 5.92 Å². The number of hydrogen-bond donors (Lipinski definition) is 1. The Labute approximate surface area is 135 Å². The molecule has 2 aliphatic carbocycles. The van der Waals surface area contributed by atoms with Crippen LogP contribution < -0.4 is 5.73 Å². The van der Waals surface area contributed by atoms with Crippen molar-refractivity contribution >= 4 is 29.1 Å². The second-order valence-corrected chi connectivity index (χ2v) is 7.03. The first-order chi connectivity index (χ1) is 10.0. The van der Waals surface area contributed by atoms with E-state index < -0.39 is 0 Å². The van der Waals surface area contributed by atoms with Crippen LogP contribution in [0.4, 0.5) is 0 Å². The lowest BCUT2D eigenvalue weighted by Crippen LogP contribution is -2.37. The first-order valence-electron chi connectivity index (χ1n) is 7.54. The number of rotatable bonds is 4. The number of hydrogen-bond acceptors (Lipinski definition) is 2. The molecular formula is C16H20Cl2N2O. The molecule has 1 amide bonds. The van der Waals surface area contributed by atoms with Crippen LogP contribution in [0.1, 0.15) is 37.7 Å². The van der Waals surface area contributed by atoms with Gasteiger partial charge in [-0.25, -0.2) is 0 Å². The van der Waals surface area contributed by atoms with Gasteiger partial charge in [0.1, 0.15) is 0 Å². The molecule has 0 aliphatic heterocycles. The van der Waals surface area contributed by atoms with Gasteiger partial charge in [-0.3, -0.25) is 4.79 Å². The Morgan fingerprint density at radius 1 is 1.19 bits per heavy atom. The lowest BCUT2D eigenvalue weighted by molar-refractivity contribution is -0.136. The van der Waals surface area contributed by atoms with E-state index in [-0.39, 0.29) is 17.9 Å². The van der Waals surface area contributed by atoms with Crippen molar-refractivity contribution in [1.82, 2.24) is 4.90 Å². The van der Waals surface area contributed by atoms with Gasteiger partial charge in [-0.2, -0.15) is 0 Å². The highest BCUT2D eigenvalue weighted by atomic mass is 35.5. The van der Waals surface area contributed by atoms with Crippen LogP contribution in [0.3, 0.4) is 0 Å². The van der Waals surface area contributed by atoms with Gasteiger partial charge in [0.15, 0.2) is 0 Å². The third kappa shape index (κ3) is 3.53. The maximum Gasteiger partial charge on any atom is 0.226 e. The predicted molar refractivity (Wildman–Crippen MR) is 85.4 cm³/mol. The van der Waals surface area contributed by atoms with Crippen molar-refractivity contribution in [2.45, 2.75) is 50.7 Å². The summed E-state index contributed by atoms with van der Waals surface area (Å²) >= 11 is 12.0. The highest BCUT2D eigenvalue weighted by Gasteiger charge is 2.38. The second-order valence-electron chi connectivity index (χ2n) is 6.22. The highest BCUT2D eigenvalue weighted by molar-refractivity contribution is 6.42. The quantitative estimate of drug-likeness (QED) is 0.918. The summed E-state index contributed by atoms with van der Waals surface area (Å²) in [5, 5.41) is 1.09. The normalized spacial score (nSPS) is 25.1. The fourth-order valence-electron chi connectivity index (χ4n) is 3.08. The van der Waals surface area contributed by atoms with Gasteiger partial charge < -0.3 is 10.6 Å². The zero-order valence-electron chi connectivity index (χ0n) is 11.9. The number of carbonyl (C=O) groups is 1. The molecule has 1 aromatic carbocycles. The molecule has 0 bridgehead atoms. The van der Waals surface area contributed by atoms with Crippen LogP contribution in [-0.4, -0.2) is 22.9 Å². The number of carbonyl (C=O) groups excluding carboxylic acids is 1. The van der Waals surface area contributed by atoms with Crippen molar-refractivity contribution in [1.29, 1.82) is 0 Å². The van der Waals surface area contributed by atoms with Crippen LogP contribution in [0.25, 0.3) is 0 Å². The smallest absolute Gasteiger partial charge is 0.226 e. The Balaban J connectivity index is 1.72. The topological polar surface area (TPSA) is 46.3 Å². The Morgan fingerprint density at radius 2 is 1.95 bits per heavy atom. The summed E-state index contributed by atoms with van der Waals surface area (Å²) in [5.74, 6) is 0.361. The van der Waals surface area contributed by atoms with E-state index in [1.54, 1.807) is 6.07 Å². The zero-order valence-corrected chi connectivity index (χ0v) is 13.4. The van der Waals surface area contributed by atoms with Crippen molar-refractivity contribution in [3.8, 4) is 0 Å². The molecule has 2 aliphatic rings. The second kappa shape index (κ2) is 6.15. The maximum absolute atomic E-state index is 12.7. The van der Waals surface area contributed by atoms with E-state index in [0.717, 1.165) is 37.7 Å². The van der Waals surface area contributed by atoms with Crippen LogP contribution in [0.2, 0.25) is 10.0 Å². The molecule has 2 fully saturated rings. The molecule has 114 valence electrons. The Bertz CT molecular complexity index is 545. The minimum absolute atomic E-state index is 0.100. The third-order valence-electron chi connectivity index (χ3n) is 4.43. The van der Waals surface area contributed by atoms with Gasteiger partial charge in [0.05, 0.1) is 10.0 Å². The van der Waals surface area contributed by atoms with E-state index >= 15 is 0 Å². The van der Waals surface area contributed by atoms with Gasteiger partial charge in [0.25, 0.3) is 0 Å². The molecule has 1 aromatic rings. The number of nitrogens with zero attached hydrogens (tertiary/aromatic N) is 1. The zero-order chi connectivity index (χ0) is 15.0. The fraction of sp³-hybridized carbons (Fsp3) is 0.562. The largest absolute Gasteiger partial charge is 0.335 e. The van der Waals surface area contributed by atoms with Gasteiger partial charge in [-0.15, -0.1) is 0 Å². The van der Waals surface area contributed by atoms with Crippen molar-refractivity contribution < 1.29 is 4.79 Å². The van der Waals surface area contributed by atoms with E-state index in [9.17, 15) is 4.79 Å². The van der Waals surface area contributed by atoms with E-state index in [4.69, 9.17) is 28.9 Å². The molecule has 0 spiro atoms. The summed E-state index contributed by atoms with van der Waals surface area (Å²) in [7, 11) is 0. The molecule has 0 saturated heterocycles. The van der Waals surface area contributed by atoms with Crippen LogP contribution in [0.5, 0.6) is 0 Å². The average Bonchev–Trinajstić information content (AvgIpc) is 3.20. The van der Waals surface area contributed by atoms with Gasteiger partial charge in [-0.1, -0.05) is 29.3 Å². The minimum atomic E-state index is 0.100. The van der Waals surface area contributed by atoms with E-state index in [1.165, 1.54) is 0 Å². The Hall–Kier alpha value is -0.770. The Morgan fingerprint density at radius 3 is 2.52 bits per heavy atom. The molecule has 2 unspecified atom stereocenters. The molecule has 0 heterocycles. The lowest BCUT2D eigenvalue weighted by Gasteiger charge is -2.26. The van der Waals surface area contributed by atoms with Crippen LogP contribution in [-0.2, 0) is 11.3 Å². The van der Waals surface area contributed by atoms with E-state index in [2.05, 4.69) is 0 Å². The summed E-state index contributed by atoms with van der Waals surface area (Å²) in [6, 6.07) is 6.17. The summed E-state index contributed by atoms with van der Waals surface area (Å²) in [5.41, 5.74) is 6.98. The molecule has 2 N–H and O–H groups in total. The molecule has 5 heteroatoms. The van der Waals surface area contributed by atoms with Crippen molar-refractivity contribution in [3.63, 3.8) is 0 Å². The van der Waals surface area contributed by atoms with Crippen LogP contribution >= 0.6 is 23.2 Å². The molecular weight excluding hydrogens is 307 g/mol. The number of amides is 1. The maximum atomic E-state index is 12.7. The number of halogens is 2. The molecule has 0 radical (unpaired) electrons. The predicted octanol–water partition coefficient (Wildman–Crippen LogP) is 3.61. The molecule has 2 saturated carbocycles.